The number of nitrogen functional groups attached to an aromatic ring is 1. The molecule has 0 atom stereocenters. The van der Waals surface area contributed by atoms with Crippen molar-refractivity contribution >= 4 is 23.0 Å². The van der Waals surface area contributed by atoms with E-state index in [9.17, 15) is 4.79 Å². The van der Waals surface area contributed by atoms with Gasteiger partial charge in [0.25, 0.3) is 0 Å². The number of anilines is 1. The van der Waals surface area contributed by atoms with E-state index in [1.807, 2.05) is 17.5 Å². The van der Waals surface area contributed by atoms with Gasteiger partial charge in [-0.25, -0.2) is 9.78 Å². The van der Waals surface area contributed by atoms with Crippen LogP contribution in [0.15, 0.2) is 29.8 Å². The van der Waals surface area contributed by atoms with Gasteiger partial charge < -0.3 is 15.6 Å². The molecule has 0 aliphatic heterocycles. The average molecular weight is 264 g/mol. The van der Waals surface area contributed by atoms with E-state index < -0.39 is 5.97 Å². The van der Waals surface area contributed by atoms with Gasteiger partial charge in [0.2, 0.25) is 5.88 Å². The summed E-state index contributed by atoms with van der Waals surface area (Å²) in [5, 5.41) is 10.8. The zero-order chi connectivity index (χ0) is 13.0. The molecule has 0 saturated carbocycles. The van der Waals surface area contributed by atoms with Crippen LogP contribution in [-0.2, 0) is 6.42 Å². The molecule has 2 heterocycles. The van der Waals surface area contributed by atoms with Crippen molar-refractivity contribution in [1.29, 1.82) is 0 Å². The standard InChI is InChI=1S/C12H12N2O3S/c13-10-6-8(12(15)16)7-14-11(10)17-4-3-9-2-1-5-18-9/h1-2,5-7H,3-4,13H2,(H,15,16). The largest absolute Gasteiger partial charge is 0.478 e. The highest BCUT2D eigenvalue weighted by Crippen LogP contribution is 2.19. The lowest BCUT2D eigenvalue weighted by Crippen LogP contribution is -2.06. The fraction of sp³-hybridized carbons (Fsp3) is 0.167. The third-order valence-electron chi connectivity index (χ3n) is 2.29. The predicted octanol–water partition coefficient (Wildman–Crippen LogP) is 2.04. The van der Waals surface area contributed by atoms with Crippen LogP contribution >= 0.6 is 11.3 Å². The molecule has 0 bridgehead atoms. The summed E-state index contributed by atoms with van der Waals surface area (Å²) in [5.41, 5.74) is 5.96. The highest BCUT2D eigenvalue weighted by atomic mass is 32.1. The normalized spacial score (nSPS) is 10.2. The number of carboxylic acids is 1. The molecule has 3 N–H and O–H groups in total. The Balaban J connectivity index is 1.95. The molecule has 5 nitrogen and oxygen atoms in total. The van der Waals surface area contributed by atoms with Gasteiger partial charge in [-0.05, 0) is 17.5 Å². The lowest BCUT2D eigenvalue weighted by Gasteiger charge is -2.07. The van der Waals surface area contributed by atoms with E-state index in [-0.39, 0.29) is 17.1 Å². The van der Waals surface area contributed by atoms with Crippen LogP contribution in [-0.4, -0.2) is 22.7 Å². The maximum atomic E-state index is 10.7. The van der Waals surface area contributed by atoms with E-state index in [1.165, 1.54) is 17.1 Å². The number of aromatic nitrogens is 1. The van der Waals surface area contributed by atoms with Gasteiger partial charge in [-0.3, -0.25) is 0 Å². The lowest BCUT2D eigenvalue weighted by molar-refractivity contribution is 0.0696. The molecule has 18 heavy (non-hydrogen) atoms. The Labute approximate surface area is 108 Å². The number of carboxylic acid groups (broad SMARTS) is 1. The number of rotatable bonds is 5. The van der Waals surface area contributed by atoms with Gasteiger partial charge in [-0.2, -0.15) is 0 Å². The van der Waals surface area contributed by atoms with Crippen molar-refractivity contribution < 1.29 is 14.6 Å². The Hall–Kier alpha value is -2.08. The topological polar surface area (TPSA) is 85.4 Å². The first-order chi connectivity index (χ1) is 8.66. The van der Waals surface area contributed by atoms with E-state index in [2.05, 4.69) is 4.98 Å². The summed E-state index contributed by atoms with van der Waals surface area (Å²) in [7, 11) is 0. The Morgan fingerprint density at radius 3 is 3.00 bits per heavy atom. The molecule has 0 amide bonds. The molecule has 0 aliphatic carbocycles. The van der Waals surface area contributed by atoms with Crippen molar-refractivity contribution in [1.82, 2.24) is 4.98 Å². The maximum Gasteiger partial charge on any atom is 0.337 e. The lowest BCUT2D eigenvalue weighted by atomic mass is 10.2. The number of pyridine rings is 1. The van der Waals surface area contributed by atoms with Crippen LogP contribution < -0.4 is 10.5 Å². The van der Waals surface area contributed by atoms with Crippen LogP contribution in [0.3, 0.4) is 0 Å². The number of nitrogens with zero attached hydrogens (tertiary/aromatic N) is 1. The first-order valence-electron chi connectivity index (χ1n) is 5.31. The third kappa shape index (κ3) is 2.98. The number of hydrogen-bond acceptors (Lipinski definition) is 5. The molecule has 0 spiro atoms. The number of hydrogen-bond donors (Lipinski definition) is 2. The minimum absolute atomic E-state index is 0.0538. The molecular formula is C12H12N2O3S. The zero-order valence-electron chi connectivity index (χ0n) is 9.50. The van der Waals surface area contributed by atoms with Crippen LogP contribution in [0.1, 0.15) is 15.2 Å². The minimum Gasteiger partial charge on any atom is -0.478 e. The van der Waals surface area contributed by atoms with Crippen LogP contribution in [0.2, 0.25) is 0 Å². The number of aromatic carboxylic acids is 1. The molecule has 6 heteroatoms. The van der Waals surface area contributed by atoms with Crippen LogP contribution in [0.4, 0.5) is 5.69 Å². The van der Waals surface area contributed by atoms with Gasteiger partial charge in [0.1, 0.15) is 0 Å². The molecule has 0 fully saturated rings. The first-order valence-corrected chi connectivity index (χ1v) is 6.19. The summed E-state index contributed by atoms with van der Waals surface area (Å²) < 4.78 is 5.42. The highest BCUT2D eigenvalue weighted by Gasteiger charge is 2.08. The van der Waals surface area contributed by atoms with Crippen molar-refractivity contribution in [3.8, 4) is 5.88 Å². The van der Waals surface area contributed by atoms with Crippen LogP contribution in [0.5, 0.6) is 5.88 Å². The molecular weight excluding hydrogens is 252 g/mol. The van der Waals surface area contributed by atoms with E-state index in [4.69, 9.17) is 15.6 Å². The Kier molecular flexibility index (Phi) is 3.78. The fourth-order valence-electron chi connectivity index (χ4n) is 1.41. The van der Waals surface area contributed by atoms with Gasteiger partial charge in [0, 0.05) is 17.5 Å². The molecule has 2 aromatic heterocycles. The van der Waals surface area contributed by atoms with Crippen molar-refractivity contribution in [3.05, 3.63) is 40.2 Å². The Morgan fingerprint density at radius 2 is 2.39 bits per heavy atom. The maximum absolute atomic E-state index is 10.7. The molecule has 0 unspecified atom stereocenters. The second-order valence-corrected chi connectivity index (χ2v) is 4.63. The Bertz CT molecular complexity index is 540. The summed E-state index contributed by atoms with van der Waals surface area (Å²) in [6.07, 6.45) is 2.01. The number of thiophene rings is 1. The van der Waals surface area contributed by atoms with Crippen molar-refractivity contribution in [2.75, 3.05) is 12.3 Å². The summed E-state index contributed by atoms with van der Waals surface area (Å²) in [6, 6.07) is 5.35. The summed E-state index contributed by atoms with van der Waals surface area (Å²) in [4.78, 5) is 15.8. The molecule has 0 aliphatic rings. The molecule has 2 aromatic rings. The van der Waals surface area contributed by atoms with Crippen LogP contribution in [0.25, 0.3) is 0 Å². The van der Waals surface area contributed by atoms with Crippen molar-refractivity contribution in [2.24, 2.45) is 0 Å². The molecule has 0 saturated heterocycles. The number of nitrogens with two attached hydrogens (primary N) is 1. The van der Waals surface area contributed by atoms with E-state index in [1.54, 1.807) is 11.3 Å². The number of carbonyl (C=O) groups is 1. The highest BCUT2D eigenvalue weighted by molar-refractivity contribution is 7.09. The van der Waals surface area contributed by atoms with Gasteiger partial charge in [0.05, 0.1) is 17.9 Å². The minimum atomic E-state index is -1.06. The average Bonchev–Trinajstić information content (AvgIpc) is 2.84. The van der Waals surface area contributed by atoms with Crippen LogP contribution in [0, 0.1) is 0 Å². The number of ether oxygens (including phenoxy) is 1. The van der Waals surface area contributed by atoms with Gasteiger partial charge >= 0.3 is 5.97 Å². The third-order valence-corrected chi connectivity index (χ3v) is 3.23. The second kappa shape index (κ2) is 5.50. The smallest absolute Gasteiger partial charge is 0.337 e. The SMILES string of the molecule is Nc1cc(C(=O)O)cnc1OCCc1cccs1. The van der Waals surface area contributed by atoms with E-state index in [0.29, 0.717) is 6.61 Å². The van der Waals surface area contributed by atoms with E-state index in [0.717, 1.165) is 6.42 Å². The predicted molar refractivity (Wildman–Crippen MR) is 69.1 cm³/mol. The molecule has 2 rings (SSSR count). The second-order valence-electron chi connectivity index (χ2n) is 3.60. The molecule has 0 radical (unpaired) electrons. The van der Waals surface area contributed by atoms with Gasteiger partial charge in [0.15, 0.2) is 0 Å². The first kappa shape index (κ1) is 12.4. The quantitative estimate of drug-likeness (QED) is 0.863. The Morgan fingerprint density at radius 1 is 1.56 bits per heavy atom. The summed E-state index contributed by atoms with van der Waals surface area (Å²) >= 11 is 1.66. The van der Waals surface area contributed by atoms with E-state index >= 15 is 0 Å². The molecule has 0 aromatic carbocycles. The summed E-state index contributed by atoms with van der Waals surface area (Å²) in [5.74, 6) is -0.782. The van der Waals surface area contributed by atoms with Crippen molar-refractivity contribution in [2.45, 2.75) is 6.42 Å². The zero-order valence-corrected chi connectivity index (χ0v) is 10.3. The van der Waals surface area contributed by atoms with Crippen molar-refractivity contribution in [3.63, 3.8) is 0 Å². The van der Waals surface area contributed by atoms with Gasteiger partial charge in [-0.15, -0.1) is 11.3 Å². The fourth-order valence-corrected chi connectivity index (χ4v) is 2.10. The molecule has 94 valence electrons. The van der Waals surface area contributed by atoms with Gasteiger partial charge in [-0.1, -0.05) is 6.07 Å². The monoisotopic (exact) mass is 264 g/mol. The summed E-state index contributed by atoms with van der Waals surface area (Å²) in [6.45, 7) is 0.462.